The molecule has 0 saturated carbocycles. The van der Waals surface area contributed by atoms with Crippen molar-refractivity contribution in [2.75, 3.05) is 0 Å². The lowest BCUT2D eigenvalue weighted by Gasteiger charge is -2.31. The molecule has 154 valence electrons. The van der Waals surface area contributed by atoms with Gasteiger partial charge in [-0.1, -0.05) is 19.1 Å². The van der Waals surface area contributed by atoms with Gasteiger partial charge in [-0.25, -0.2) is 4.39 Å². The van der Waals surface area contributed by atoms with Crippen molar-refractivity contribution in [2.45, 2.75) is 45.3 Å². The maximum absolute atomic E-state index is 13.5. The van der Waals surface area contributed by atoms with Gasteiger partial charge in [0, 0.05) is 23.0 Å². The Hall–Kier alpha value is -2.70. The van der Waals surface area contributed by atoms with Gasteiger partial charge in [-0.3, -0.25) is 9.78 Å². The smallest absolute Gasteiger partial charge is 0.343 e. The number of carbonyl (C=O) groups excluding carboxylic acids is 1. The maximum atomic E-state index is 13.5. The van der Waals surface area contributed by atoms with Crippen LogP contribution in [0.2, 0.25) is 0 Å². The third-order valence-electron chi connectivity index (χ3n) is 5.22. The lowest BCUT2D eigenvalue weighted by atomic mass is 9.83. The zero-order valence-corrected chi connectivity index (χ0v) is 16.4. The van der Waals surface area contributed by atoms with Crippen LogP contribution in [0.15, 0.2) is 36.5 Å². The van der Waals surface area contributed by atoms with Gasteiger partial charge in [0.05, 0.1) is 11.1 Å². The molecule has 1 aromatic carbocycles. The standard InChI is InChI=1S/C22H22F4N2O/c1-4-13-5-7-15-16(9-10-27-19(15)11-13)21(2,3)28-20(29)14-6-8-18(23)17(12-14)22(24,25)26/h5-10,12-13H,4,11H2,1-3H3,(H,28,29). The van der Waals surface area contributed by atoms with Crippen LogP contribution in [0, 0.1) is 11.7 Å². The molecule has 7 heteroatoms. The molecule has 1 heterocycles. The average Bonchev–Trinajstić information content (AvgIpc) is 2.66. The largest absolute Gasteiger partial charge is 0.419 e. The van der Waals surface area contributed by atoms with E-state index in [0.717, 1.165) is 35.7 Å². The summed E-state index contributed by atoms with van der Waals surface area (Å²) in [5, 5.41) is 2.77. The molecule has 0 radical (unpaired) electrons. The minimum Gasteiger partial charge on any atom is -0.343 e. The number of hydrogen-bond donors (Lipinski definition) is 1. The van der Waals surface area contributed by atoms with Crippen molar-refractivity contribution < 1.29 is 22.4 Å². The maximum Gasteiger partial charge on any atom is 0.419 e. The van der Waals surface area contributed by atoms with Gasteiger partial charge in [0.2, 0.25) is 0 Å². The van der Waals surface area contributed by atoms with E-state index >= 15 is 0 Å². The number of benzene rings is 1. The van der Waals surface area contributed by atoms with E-state index in [2.05, 4.69) is 23.3 Å². The summed E-state index contributed by atoms with van der Waals surface area (Å²) in [5.41, 5.74) is 0.0760. The number of hydrogen-bond acceptors (Lipinski definition) is 2. The van der Waals surface area contributed by atoms with Crippen LogP contribution >= 0.6 is 0 Å². The molecule has 1 N–H and O–H groups in total. The van der Waals surface area contributed by atoms with Crippen LogP contribution in [0.3, 0.4) is 0 Å². The van der Waals surface area contributed by atoms with Gasteiger partial charge in [0.1, 0.15) is 5.82 Å². The van der Waals surface area contributed by atoms with E-state index in [4.69, 9.17) is 0 Å². The highest BCUT2D eigenvalue weighted by Crippen LogP contribution is 2.33. The number of aromatic nitrogens is 1. The Kier molecular flexibility index (Phi) is 5.52. The van der Waals surface area contributed by atoms with Crippen molar-refractivity contribution in [2.24, 2.45) is 5.92 Å². The van der Waals surface area contributed by atoms with Crippen molar-refractivity contribution in [3.63, 3.8) is 0 Å². The van der Waals surface area contributed by atoms with Crippen LogP contribution in [-0.4, -0.2) is 10.9 Å². The second-order valence-electron chi connectivity index (χ2n) is 7.72. The summed E-state index contributed by atoms with van der Waals surface area (Å²) in [7, 11) is 0. The molecule has 0 saturated heterocycles. The summed E-state index contributed by atoms with van der Waals surface area (Å²) in [6, 6.07) is 4.03. The summed E-state index contributed by atoms with van der Waals surface area (Å²) >= 11 is 0. The molecule has 0 bridgehead atoms. The van der Waals surface area contributed by atoms with Crippen molar-refractivity contribution in [3.8, 4) is 0 Å². The highest BCUT2D eigenvalue weighted by molar-refractivity contribution is 5.95. The van der Waals surface area contributed by atoms with Crippen LogP contribution in [-0.2, 0) is 18.1 Å². The fraction of sp³-hybridized carbons (Fsp3) is 0.364. The first kappa shape index (κ1) is 21.0. The van der Waals surface area contributed by atoms with Crippen LogP contribution in [0.25, 0.3) is 6.08 Å². The molecule has 1 aromatic heterocycles. The van der Waals surface area contributed by atoms with Gasteiger partial charge in [-0.15, -0.1) is 0 Å². The Balaban J connectivity index is 1.90. The average molecular weight is 406 g/mol. The lowest BCUT2D eigenvalue weighted by molar-refractivity contribution is -0.140. The minimum absolute atomic E-state index is 0.253. The van der Waals surface area contributed by atoms with Crippen LogP contribution in [0.1, 0.15) is 59.9 Å². The molecule has 29 heavy (non-hydrogen) atoms. The van der Waals surface area contributed by atoms with Gasteiger partial charge < -0.3 is 5.32 Å². The summed E-state index contributed by atoms with van der Waals surface area (Å²) in [4.78, 5) is 17.1. The van der Waals surface area contributed by atoms with Gasteiger partial charge in [0.15, 0.2) is 0 Å². The quantitative estimate of drug-likeness (QED) is 0.682. The van der Waals surface area contributed by atoms with Gasteiger partial charge >= 0.3 is 6.18 Å². The number of rotatable bonds is 4. The molecule has 1 aliphatic rings. The van der Waals surface area contributed by atoms with Gasteiger partial charge in [-0.2, -0.15) is 13.2 Å². The molecule has 3 nitrogen and oxygen atoms in total. The fourth-order valence-electron chi connectivity index (χ4n) is 3.55. The Bertz CT molecular complexity index is 964. The van der Waals surface area contributed by atoms with Crippen LogP contribution < -0.4 is 5.32 Å². The number of nitrogens with zero attached hydrogens (tertiary/aromatic N) is 1. The fourth-order valence-corrected chi connectivity index (χ4v) is 3.55. The molecular formula is C22H22F4N2O. The Morgan fingerprint density at radius 1 is 1.21 bits per heavy atom. The molecule has 1 aliphatic carbocycles. The van der Waals surface area contributed by atoms with Gasteiger partial charge in [0.25, 0.3) is 5.91 Å². The molecule has 0 spiro atoms. The van der Waals surface area contributed by atoms with E-state index in [1.807, 2.05) is 6.08 Å². The number of pyridine rings is 1. The lowest BCUT2D eigenvalue weighted by Crippen LogP contribution is -2.42. The number of nitrogens with one attached hydrogen (secondary N) is 1. The summed E-state index contributed by atoms with van der Waals surface area (Å²) in [6.45, 7) is 5.65. The zero-order chi connectivity index (χ0) is 21.4. The predicted molar refractivity (Wildman–Crippen MR) is 103 cm³/mol. The second-order valence-corrected chi connectivity index (χ2v) is 7.72. The molecule has 0 aliphatic heterocycles. The van der Waals surface area contributed by atoms with Crippen molar-refractivity contribution in [1.29, 1.82) is 0 Å². The number of carbonyl (C=O) groups is 1. The Morgan fingerprint density at radius 3 is 2.59 bits per heavy atom. The molecule has 1 atom stereocenters. The molecule has 0 fully saturated rings. The Morgan fingerprint density at radius 2 is 1.93 bits per heavy atom. The van der Waals surface area contributed by atoms with Crippen LogP contribution in [0.5, 0.6) is 0 Å². The van der Waals surface area contributed by atoms with Crippen LogP contribution in [0.4, 0.5) is 17.6 Å². The SMILES string of the molecule is CCC1C=Cc2c(C(C)(C)NC(=O)c3ccc(F)c(C(F)(F)F)c3)ccnc2C1. The molecule has 2 aromatic rings. The number of alkyl halides is 3. The molecule has 1 amide bonds. The van der Waals surface area contributed by atoms with E-state index in [1.54, 1.807) is 26.1 Å². The van der Waals surface area contributed by atoms with E-state index in [1.165, 1.54) is 0 Å². The van der Waals surface area contributed by atoms with E-state index in [0.29, 0.717) is 18.1 Å². The highest BCUT2D eigenvalue weighted by atomic mass is 19.4. The number of amides is 1. The highest BCUT2D eigenvalue weighted by Gasteiger charge is 2.35. The predicted octanol–water partition coefficient (Wildman–Crippen LogP) is 5.50. The summed E-state index contributed by atoms with van der Waals surface area (Å²) in [5.74, 6) is -1.72. The van der Waals surface area contributed by atoms with Crippen molar-refractivity contribution in [1.82, 2.24) is 10.3 Å². The summed E-state index contributed by atoms with van der Waals surface area (Å²) < 4.78 is 52.4. The Labute approximate surface area is 166 Å². The first-order chi connectivity index (χ1) is 13.5. The van der Waals surface area contributed by atoms with Crippen molar-refractivity contribution in [3.05, 3.63) is 70.3 Å². The normalized spacial score (nSPS) is 16.4. The monoisotopic (exact) mass is 406 g/mol. The van der Waals surface area contributed by atoms with E-state index in [9.17, 15) is 22.4 Å². The first-order valence-corrected chi connectivity index (χ1v) is 9.38. The van der Waals surface area contributed by atoms with Crippen molar-refractivity contribution >= 4 is 12.0 Å². The second kappa shape index (κ2) is 7.61. The topological polar surface area (TPSA) is 42.0 Å². The van der Waals surface area contributed by atoms with E-state index < -0.39 is 29.0 Å². The minimum atomic E-state index is -4.87. The number of allylic oxidation sites excluding steroid dienone is 1. The summed E-state index contributed by atoms with van der Waals surface area (Å²) in [6.07, 6.45) is 2.69. The molecular weight excluding hydrogens is 384 g/mol. The number of halogens is 4. The van der Waals surface area contributed by atoms with E-state index in [-0.39, 0.29) is 5.56 Å². The zero-order valence-electron chi connectivity index (χ0n) is 16.4. The number of fused-ring (bicyclic) bond motifs is 1. The molecule has 3 rings (SSSR count). The third-order valence-corrected chi connectivity index (χ3v) is 5.22. The first-order valence-electron chi connectivity index (χ1n) is 9.38. The van der Waals surface area contributed by atoms with Gasteiger partial charge in [-0.05, 0) is 62.4 Å². The third kappa shape index (κ3) is 4.33. The molecule has 1 unspecified atom stereocenters.